The van der Waals surface area contributed by atoms with E-state index in [4.69, 9.17) is 4.74 Å². The molecule has 4 aliphatic rings. The summed E-state index contributed by atoms with van der Waals surface area (Å²) in [6.45, 7) is 0. The van der Waals surface area contributed by atoms with Crippen molar-refractivity contribution in [2.24, 2.45) is 11.8 Å². The summed E-state index contributed by atoms with van der Waals surface area (Å²) in [6.07, 6.45) is 4.54. The lowest BCUT2D eigenvalue weighted by atomic mass is 9.55. The van der Waals surface area contributed by atoms with E-state index in [0.29, 0.717) is 11.3 Å². The first-order valence-electron chi connectivity index (χ1n) is 8.76. The highest BCUT2D eigenvalue weighted by Crippen LogP contribution is 2.54. The zero-order chi connectivity index (χ0) is 17.7. The molecule has 25 heavy (non-hydrogen) atoms. The third-order valence-electron chi connectivity index (χ3n) is 5.92. The van der Waals surface area contributed by atoms with Gasteiger partial charge in [-0.3, -0.25) is 14.4 Å². The van der Waals surface area contributed by atoms with Crippen LogP contribution in [0.25, 0.3) is 0 Å². The Kier molecular flexibility index (Phi) is 3.78. The molecule has 4 atom stereocenters. The molecule has 1 aromatic carbocycles. The zero-order valence-electron chi connectivity index (χ0n) is 13.7. The standard InChI is InChI=1S/C19H20O6/c20-14-8-13-11-6-5-10(25-9-3-1-2-4-9)7-12(11)15(14)17(19(23)24)16(13)18(21)22/h5-7,9,13,15-17H,1-4,8H2,(H,21,22)(H,23,24). The number of Topliss-reactive ketones (excluding diaryl/α,β-unsaturated/α-hetero) is 1. The number of carbonyl (C=O) groups excluding carboxylic acids is 1. The van der Waals surface area contributed by atoms with Crippen LogP contribution in [0.1, 0.15) is 55.1 Å². The van der Waals surface area contributed by atoms with Crippen LogP contribution < -0.4 is 4.74 Å². The number of carboxylic acid groups (broad SMARTS) is 2. The number of hydrogen-bond acceptors (Lipinski definition) is 4. The minimum Gasteiger partial charge on any atom is -0.490 e. The van der Waals surface area contributed by atoms with Crippen LogP contribution in [0.4, 0.5) is 0 Å². The van der Waals surface area contributed by atoms with Gasteiger partial charge in [-0.2, -0.15) is 0 Å². The molecule has 0 amide bonds. The second kappa shape index (κ2) is 5.86. The Labute approximate surface area is 144 Å². The molecule has 5 rings (SSSR count). The molecule has 0 heterocycles. The Morgan fingerprint density at radius 3 is 2.32 bits per heavy atom. The molecule has 0 aliphatic heterocycles. The SMILES string of the molecule is O=C1CC2c3ccc(OC4CCCC4)cc3C1C(C(=O)O)C2C(=O)O. The lowest BCUT2D eigenvalue weighted by Crippen LogP contribution is -2.49. The Hall–Kier alpha value is -2.37. The normalized spacial score (nSPS) is 31.0. The molecular formula is C19H20O6. The first-order valence-corrected chi connectivity index (χ1v) is 8.76. The van der Waals surface area contributed by atoms with E-state index in [1.54, 1.807) is 6.07 Å². The quantitative estimate of drug-likeness (QED) is 0.870. The van der Waals surface area contributed by atoms with Crippen molar-refractivity contribution in [3.8, 4) is 5.75 Å². The lowest BCUT2D eigenvalue weighted by molar-refractivity contribution is -0.160. The van der Waals surface area contributed by atoms with Gasteiger partial charge in [-0.15, -0.1) is 0 Å². The van der Waals surface area contributed by atoms with Crippen molar-refractivity contribution in [1.29, 1.82) is 0 Å². The Morgan fingerprint density at radius 1 is 1.00 bits per heavy atom. The van der Waals surface area contributed by atoms with E-state index < -0.39 is 35.6 Å². The Balaban J connectivity index is 1.75. The number of carboxylic acids is 2. The van der Waals surface area contributed by atoms with Crippen molar-refractivity contribution in [2.75, 3.05) is 0 Å². The van der Waals surface area contributed by atoms with Gasteiger partial charge in [0, 0.05) is 12.3 Å². The summed E-state index contributed by atoms with van der Waals surface area (Å²) in [6, 6.07) is 5.39. The van der Waals surface area contributed by atoms with Gasteiger partial charge in [0.2, 0.25) is 0 Å². The molecule has 0 spiro atoms. The van der Waals surface area contributed by atoms with Crippen molar-refractivity contribution in [3.63, 3.8) is 0 Å². The third kappa shape index (κ3) is 2.51. The predicted octanol–water partition coefficient (Wildman–Crippen LogP) is 2.56. The first-order chi connectivity index (χ1) is 12.0. The minimum atomic E-state index is -1.22. The molecule has 0 radical (unpaired) electrons. The van der Waals surface area contributed by atoms with E-state index in [9.17, 15) is 24.6 Å². The molecule has 0 aromatic heterocycles. The minimum absolute atomic E-state index is 0.0985. The summed E-state index contributed by atoms with van der Waals surface area (Å²) in [5, 5.41) is 19.1. The van der Waals surface area contributed by atoms with Gasteiger partial charge < -0.3 is 14.9 Å². The maximum absolute atomic E-state index is 12.5. The van der Waals surface area contributed by atoms with Crippen molar-refractivity contribution in [1.82, 2.24) is 0 Å². The predicted molar refractivity (Wildman–Crippen MR) is 86.7 cm³/mol. The van der Waals surface area contributed by atoms with Crippen LogP contribution in [0.3, 0.4) is 0 Å². The van der Waals surface area contributed by atoms with Crippen molar-refractivity contribution < 1.29 is 29.3 Å². The smallest absolute Gasteiger partial charge is 0.308 e. The number of hydrogen-bond donors (Lipinski definition) is 2. The van der Waals surface area contributed by atoms with E-state index in [1.807, 2.05) is 12.1 Å². The number of aliphatic carboxylic acids is 2. The number of rotatable bonds is 4. The van der Waals surface area contributed by atoms with Gasteiger partial charge >= 0.3 is 11.9 Å². The van der Waals surface area contributed by atoms with Crippen LogP contribution in [-0.4, -0.2) is 34.0 Å². The molecule has 132 valence electrons. The maximum atomic E-state index is 12.5. The molecule has 2 saturated carbocycles. The zero-order valence-corrected chi connectivity index (χ0v) is 13.7. The molecule has 0 saturated heterocycles. The van der Waals surface area contributed by atoms with Crippen LogP contribution in [-0.2, 0) is 14.4 Å². The molecule has 2 bridgehead atoms. The number of carbonyl (C=O) groups is 3. The Morgan fingerprint density at radius 2 is 1.68 bits per heavy atom. The summed E-state index contributed by atoms with van der Waals surface area (Å²) >= 11 is 0. The molecule has 6 heteroatoms. The highest BCUT2D eigenvalue weighted by Gasteiger charge is 2.57. The van der Waals surface area contributed by atoms with Gasteiger partial charge in [0.05, 0.1) is 23.9 Å². The number of fused-ring (bicyclic) bond motifs is 2. The van der Waals surface area contributed by atoms with E-state index >= 15 is 0 Å². The summed E-state index contributed by atoms with van der Waals surface area (Å²) in [7, 11) is 0. The van der Waals surface area contributed by atoms with Crippen molar-refractivity contribution >= 4 is 17.7 Å². The topological polar surface area (TPSA) is 101 Å². The fraction of sp³-hybridized carbons (Fsp3) is 0.526. The molecule has 6 nitrogen and oxygen atoms in total. The number of benzene rings is 1. The summed E-state index contributed by atoms with van der Waals surface area (Å²) in [4.78, 5) is 35.9. The van der Waals surface area contributed by atoms with Crippen LogP contribution in [0, 0.1) is 11.8 Å². The molecule has 2 fully saturated rings. The second-order valence-corrected chi connectivity index (χ2v) is 7.30. The first kappa shape index (κ1) is 16.1. The Bertz CT molecular complexity index is 748. The van der Waals surface area contributed by atoms with Crippen molar-refractivity contribution in [2.45, 2.75) is 50.0 Å². The molecular weight excluding hydrogens is 324 g/mol. The van der Waals surface area contributed by atoms with E-state index in [1.165, 1.54) is 0 Å². The van der Waals surface area contributed by atoms with Gasteiger partial charge in [0.25, 0.3) is 0 Å². The van der Waals surface area contributed by atoms with Gasteiger partial charge in [0.15, 0.2) is 0 Å². The summed E-state index contributed by atoms with van der Waals surface area (Å²) in [5.41, 5.74) is 1.43. The highest BCUT2D eigenvalue weighted by atomic mass is 16.5. The summed E-state index contributed by atoms with van der Waals surface area (Å²) < 4.78 is 5.98. The van der Waals surface area contributed by atoms with Gasteiger partial charge in [-0.1, -0.05) is 6.07 Å². The molecule has 2 N–H and O–H groups in total. The maximum Gasteiger partial charge on any atom is 0.308 e. The fourth-order valence-corrected chi connectivity index (χ4v) is 4.85. The summed E-state index contributed by atoms with van der Waals surface area (Å²) in [5.74, 6) is -5.65. The average Bonchev–Trinajstić information content (AvgIpc) is 3.06. The van der Waals surface area contributed by atoms with Crippen LogP contribution in [0.15, 0.2) is 18.2 Å². The van der Waals surface area contributed by atoms with Crippen LogP contribution in [0.2, 0.25) is 0 Å². The number of ether oxygens (including phenoxy) is 1. The van der Waals surface area contributed by atoms with E-state index in [0.717, 1.165) is 31.2 Å². The average molecular weight is 344 g/mol. The largest absolute Gasteiger partial charge is 0.490 e. The third-order valence-corrected chi connectivity index (χ3v) is 5.92. The van der Waals surface area contributed by atoms with E-state index in [2.05, 4.69) is 0 Å². The van der Waals surface area contributed by atoms with Gasteiger partial charge in [-0.25, -0.2) is 0 Å². The van der Waals surface area contributed by atoms with Gasteiger partial charge in [0.1, 0.15) is 11.5 Å². The molecule has 4 unspecified atom stereocenters. The second-order valence-electron chi connectivity index (χ2n) is 7.30. The fourth-order valence-electron chi connectivity index (χ4n) is 4.85. The van der Waals surface area contributed by atoms with E-state index in [-0.39, 0.29) is 18.3 Å². The van der Waals surface area contributed by atoms with Crippen molar-refractivity contribution in [3.05, 3.63) is 29.3 Å². The number of ketones is 1. The van der Waals surface area contributed by atoms with Gasteiger partial charge in [-0.05, 0) is 48.9 Å². The highest BCUT2D eigenvalue weighted by molar-refractivity contribution is 5.98. The van der Waals surface area contributed by atoms with Crippen LogP contribution in [0.5, 0.6) is 5.75 Å². The molecule has 1 aromatic rings. The molecule has 4 aliphatic carbocycles. The monoisotopic (exact) mass is 344 g/mol. The van der Waals surface area contributed by atoms with Crippen LogP contribution >= 0.6 is 0 Å². The lowest BCUT2D eigenvalue weighted by Gasteiger charge is -2.45.